The van der Waals surface area contributed by atoms with E-state index in [2.05, 4.69) is 20.3 Å². The molecule has 1 aromatic rings. The van der Waals surface area contributed by atoms with Crippen LogP contribution in [0, 0.1) is 16.0 Å². The number of carbonyl (C=O) groups excluding carboxylic acids is 1. The predicted octanol–water partition coefficient (Wildman–Crippen LogP) is 3.56. The summed E-state index contributed by atoms with van der Waals surface area (Å²) in [6.07, 6.45) is 1.41. The number of carbonyl (C=O) groups is 1. The molecule has 0 atom stereocenters. The molecule has 0 radical (unpaired) electrons. The Balaban J connectivity index is 2.62. The third-order valence-electron chi connectivity index (χ3n) is 3.55. The lowest BCUT2D eigenvalue weighted by Crippen LogP contribution is -2.20. The van der Waals surface area contributed by atoms with Crippen LogP contribution in [0.5, 0.6) is 0 Å². The van der Waals surface area contributed by atoms with Gasteiger partial charge in [0.2, 0.25) is 0 Å². The molecule has 0 fully saturated rings. The second-order valence-corrected chi connectivity index (χ2v) is 8.14. The zero-order valence-electron chi connectivity index (χ0n) is 13.7. The molecule has 1 aliphatic carbocycles. The van der Waals surface area contributed by atoms with E-state index in [0.717, 1.165) is 6.07 Å². The quantitative estimate of drug-likeness (QED) is 0.415. The van der Waals surface area contributed by atoms with Crippen LogP contribution in [-0.2, 0) is 14.8 Å². The maximum Gasteiger partial charge on any atom is 0.283 e. The molecule has 2 rings (SSSR count). The van der Waals surface area contributed by atoms with Gasteiger partial charge in [0.05, 0.1) is 20.0 Å². The first-order valence-electron chi connectivity index (χ1n) is 7.27. The molecule has 0 bridgehead atoms. The van der Waals surface area contributed by atoms with Crippen molar-refractivity contribution in [3.8, 4) is 0 Å². The van der Waals surface area contributed by atoms with Crippen LogP contribution < -0.4 is 0 Å². The van der Waals surface area contributed by atoms with Crippen molar-refractivity contribution in [1.29, 1.82) is 0 Å². The van der Waals surface area contributed by atoms with Crippen molar-refractivity contribution in [3.05, 3.63) is 56.1 Å². The molecule has 9 heteroatoms. The summed E-state index contributed by atoms with van der Waals surface area (Å²) < 4.78 is 29.3. The Labute approximate surface area is 153 Å². The van der Waals surface area contributed by atoms with E-state index in [1.165, 1.54) is 24.3 Å². The molecular weight excluding hydrogens is 412 g/mol. The lowest BCUT2D eigenvalue weighted by Gasteiger charge is -2.19. The van der Waals surface area contributed by atoms with Crippen molar-refractivity contribution in [2.24, 2.45) is 10.3 Å². The van der Waals surface area contributed by atoms with Crippen LogP contribution in [0.25, 0.3) is 0 Å². The van der Waals surface area contributed by atoms with Crippen LogP contribution >= 0.6 is 15.9 Å². The highest BCUT2D eigenvalue weighted by Crippen LogP contribution is 2.30. The number of non-ortho nitro benzene ring substituents is 1. The largest absolute Gasteiger partial charge is 0.288 e. The van der Waals surface area contributed by atoms with Gasteiger partial charge in [0.15, 0.2) is 5.78 Å². The zero-order chi connectivity index (χ0) is 18.9. The number of nitro benzene ring substituents is 1. The van der Waals surface area contributed by atoms with Gasteiger partial charge in [-0.2, -0.15) is 12.8 Å². The van der Waals surface area contributed by atoms with Crippen LogP contribution in [0.2, 0.25) is 0 Å². The molecule has 0 spiro atoms. The first-order chi connectivity index (χ1) is 11.5. The summed E-state index contributed by atoms with van der Waals surface area (Å²) in [7, 11) is -4.17. The van der Waals surface area contributed by atoms with Crippen LogP contribution in [0.4, 0.5) is 5.69 Å². The number of nitrogens with zero attached hydrogens (tertiary/aromatic N) is 2. The molecule has 7 nitrogen and oxygen atoms in total. The Morgan fingerprint density at radius 2 is 1.92 bits per heavy atom. The van der Waals surface area contributed by atoms with Gasteiger partial charge < -0.3 is 0 Å². The van der Waals surface area contributed by atoms with Crippen molar-refractivity contribution >= 4 is 43.1 Å². The fourth-order valence-corrected chi connectivity index (χ4v) is 4.33. The maximum atomic E-state index is 12.6. The van der Waals surface area contributed by atoms with Crippen molar-refractivity contribution < 1.29 is 18.1 Å². The zero-order valence-corrected chi connectivity index (χ0v) is 16.1. The normalized spacial score (nSPS) is 17.2. The lowest BCUT2D eigenvalue weighted by atomic mass is 9.90. The van der Waals surface area contributed by atoms with E-state index in [1.807, 2.05) is 13.8 Å². The van der Waals surface area contributed by atoms with Gasteiger partial charge in [0, 0.05) is 12.1 Å². The molecule has 0 saturated carbocycles. The number of ketones is 1. The Hall–Kier alpha value is -2.13. The van der Waals surface area contributed by atoms with Gasteiger partial charge in [0.25, 0.3) is 15.7 Å². The van der Waals surface area contributed by atoms with E-state index in [0.29, 0.717) is 11.1 Å². The van der Waals surface area contributed by atoms with Crippen LogP contribution in [-0.4, -0.2) is 24.8 Å². The van der Waals surface area contributed by atoms with Gasteiger partial charge in [-0.05, 0) is 52.1 Å². The molecule has 0 heterocycles. The van der Waals surface area contributed by atoms with E-state index < -0.39 is 14.9 Å². The van der Waals surface area contributed by atoms with Crippen molar-refractivity contribution in [2.75, 3.05) is 0 Å². The summed E-state index contributed by atoms with van der Waals surface area (Å²) in [4.78, 5) is 22.0. The summed E-state index contributed by atoms with van der Waals surface area (Å²) in [5.74, 6) is -0.378. The van der Waals surface area contributed by atoms with Crippen molar-refractivity contribution in [1.82, 2.24) is 0 Å². The Bertz CT molecular complexity index is 958. The number of Topliss-reactive ketones (excluding diaryl/α,β-unsaturated/α-hetero) is 1. The number of rotatable bonds is 4. The van der Waals surface area contributed by atoms with Crippen molar-refractivity contribution in [3.63, 3.8) is 0 Å². The molecule has 25 heavy (non-hydrogen) atoms. The number of hydrogen-bond acceptors (Lipinski definition) is 5. The molecule has 1 aromatic carbocycles. The second-order valence-electron chi connectivity index (χ2n) is 5.74. The average Bonchev–Trinajstić information content (AvgIpc) is 2.52. The van der Waals surface area contributed by atoms with Crippen LogP contribution in [0.3, 0.4) is 0 Å². The van der Waals surface area contributed by atoms with Gasteiger partial charge in [0.1, 0.15) is 0 Å². The average molecular weight is 427 g/mol. The van der Waals surface area contributed by atoms with Gasteiger partial charge in [-0.3, -0.25) is 14.9 Å². The number of hydrogen-bond donors (Lipinski definition) is 0. The van der Waals surface area contributed by atoms with Gasteiger partial charge in [-0.15, -0.1) is 0 Å². The first kappa shape index (κ1) is 19.2. The summed E-state index contributed by atoms with van der Waals surface area (Å²) in [5.41, 5.74) is 0.631. The van der Waals surface area contributed by atoms with E-state index in [4.69, 9.17) is 0 Å². The minimum atomic E-state index is -4.17. The summed E-state index contributed by atoms with van der Waals surface area (Å²) in [5, 5.41) is 10.8. The first-order valence-corrected chi connectivity index (χ1v) is 9.50. The second kappa shape index (κ2) is 7.01. The lowest BCUT2D eigenvalue weighted by molar-refractivity contribution is -0.385. The maximum absolute atomic E-state index is 12.6. The number of benzene rings is 1. The Morgan fingerprint density at radius 1 is 1.28 bits per heavy atom. The number of sulfonamides is 1. The minimum absolute atomic E-state index is 0.144. The van der Waals surface area contributed by atoms with Crippen molar-refractivity contribution in [2.45, 2.75) is 25.7 Å². The molecule has 0 amide bonds. The molecule has 0 N–H and O–H groups in total. The standard InChI is InChI=1S/C16H15BrN2O5S/c1-9(2)14-13(7-10(3)16(20)15(14)17)18-25(23,24)12-6-4-5-11(8-12)19(21)22/h4-9H,1-3H3/b18-13+. The van der Waals surface area contributed by atoms with E-state index in [1.54, 1.807) is 6.92 Å². The SMILES string of the molecule is CC1=C/C(=N\S(=O)(=O)c2cccc([N+](=O)[O-])c2)C(C(C)C)=C(Br)C1=O. The molecule has 0 unspecified atom stereocenters. The van der Waals surface area contributed by atoms with Gasteiger partial charge in [-0.25, -0.2) is 0 Å². The fraction of sp³-hybridized carbons (Fsp3) is 0.250. The molecule has 132 valence electrons. The van der Waals surface area contributed by atoms with Crippen LogP contribution in [0.1, 0.15) is 20.8 Å². The van der Waals surface area contributed by atoms with E-state index in [-0.39, 0.29) is 32.5 Å². The highest BCUT2D eigenvalue weighted by atomic mass is 79.9. The van der Waals surface area contributed by atoms with Gasteiger partial charge in [-0.1, -0.05) is 19.9 Å². The fourth-order valence-electron chi connectivity index (χ4n) is 2.32. The summed E-state index contributed by atoms with van der Waals surface area (Å²) >= 11 is 3.22. The molecular formula is C16H15BrN2O5S. The monoisotopic (exact) mass is 426 g/mol. The topological polar surface area (TPSA) is 107 Å². The number of nitro groups is 1. The number of halogens is 1. The molecule has 1 aliphatic rings. The summed E-state index contributed by atoms with van der Waals surface area (Å²) in [6, 6.07) is 4.68. The molecule has 0 saturated heterocycles. The van der Waals surface area contributed by atoms with Crippen LogP contribution in [0.15, 0.2) is 55.3 Å². The highest BCUT2D eigenvalue weighted by molar-refractivity contribution is 9.12. The number of allylic oxidation sites excluding steroid dienone is 4. The minimum Gasteiger partial charge on any atom is -0.288 e. The predicted molar refractivity (Wildman–Crippen MR) is 97.3 cm³/mol. The van der Waals surface area contributed by atoms with E-state index in [9.17, 15) is 23.3 Å². The smallest absolute Gasteiger partial charge is 0.283 e. The van der Waals surface area contributed by atoms with E-state index >= 15 is 0 Å². The third-order valence-corrected chi connectivity index (χ3v) is 5.62. The summed E-state index contributed by atoms with van der Waals surface area (Å²) in [6.45, 7) is 5.19. The molecule has 0 aliphatic heterocycles. The highest BCUT2D eigenvalue weighted by Gasteiger charge is 2.27. The molecule has 0 aromatic heterocycles. The Kier molecular flexibility index (Phi) is 5.38. The Morgan fingerprint density at radius 3 is 2.48 bits per heavy atom. The third kappa shape index (κ3) is 3.93. The van der Waals surface area contributed by atoms with Gasteiger partial charge >= 0.3 is 0 Å².